The molecule has 0 aliphatic heterocycles. The van der Waals surface area contributed by atoms with Gasteiger partial charge >= 0.3 is 0 Å². The molecule has 1 aromatic carbocycles. The number of benzene rings is 1. The zero-order valence-corrected chi connectivity index (χ0v) is 14.2. The maximum absolute atomic E-state index is 12.0. The minimum atomic E-state index is -0.732. The summed E-state index contributed by atoms with van der Waals surface area (Å²) >= 11 is 6.55. The van der Waals surface area contributed by atoms with Crippen LogP contribution in [0, 0.1) is 0 Å². The molecule has 2 N–H and O–H groups in total. The number of hydrogen-bond acceptors (Lipinski definition) is 3. The first kappa shape index (κ1) is 15.8. The van der Waals surface area contributed by atoms with Crippen LogP contribution in [0.3, 0.4) is 0 Å². The van der Waals surface area contributed by atoms with Crippen molar-refractivity contribution in [3.63, 3.8) is 0 Å². The second-order valence-corrected chi connectivity index (χ2v) is 6.10. The van der Waals surface area contributed by atoms with E-state index in [0.29, 0.717) is 10.2 Å². The largest absolute Gasteiger partial charge is 0.481 e. The van der Waals surface area contributed by atoms with Crippen molar-refractivity contribution in [3.8, 4) is 5.75 Å². The van der Waals surface area contributed by atoms with Crippen LogP contribution in [0.15, 0.2) is 50.3 Å². The number of rotatable bonds is 4. The first-order valence-electron chi connectivity index (χ1n) is 6.07. The molecule has 2 rings (SSSR count). The van der Waals surface area contributed by atoms with Gasteiger partial charge < -0.3 is 15.0 Å². The molecule has 0 spiro atoms. The maximum atomic E-state index is 12.0. The standard InChI is InChI=1S/C14H12Br2N2O3/c1-8(21-11-4-2-9(15)3-5-11)13(19)18-12-6-10(16)7-17-14(12)20/h2-8H,1H3,(H,17,20)(H,18,19). The molecule has 0 bridgehead atoms. The summed E-state index contributed by atoms with van der Waals surface area (Å²) < 4.78 is 7.11. The lowest BCUT2D eigenvalue weighted by Crippen LogP contribution is -2.32. The van der Waals surface area contributed by atoms with Gasteiger partial charge in [0.25, 0.3) is 11.5 Å². The van der Waals surface area contributed by atoms with E-state index < -0.39 is 12.0 Å². The number of H-pyrrole nitrogens is 1. The Labute approximate surface area is 138 Å². The molecule has 1 amide bonds. The summed E-state index contributed by atoms with van der Waals surface area (Å²) in [7, 11) is 0. The van der Waals surface area contributed by atoms with Crippen LogP contribution in [0.2, 0.25) is 0 Å². The number of carbonyl (C=O) groups excluding carboxylic acids is 1. The first-order chi connectivity index (χ1) is 9.95. The molecule has 7 heteroatoms. The van der Waals surface area contributed by atoms with Gasteiger partial charge in [-0.2, -0.15) is 0 Å². The molecule has 1 heterocycles. The third-order valence-corrected chi connectivity index (χ3v) is 3.61. The second-order valence-electron chi connectivity index (χ2n) is 4.26. The number of halogens is 2. The van der Waals surface area contributed by atoms with Crippen molar-refractivity contribution in [3.05, 3.63) is 55.8 Å². The van der Waals surface area contributed by atoms with Crippen molar-refractivity contribution in [2.75, 3.05) is 5.32 Å². The number of pyridine rings is 1. The van der Waals surface area contributed by atoms with Crippen LogP contribution in [0.25, 0.3) is 0 Å². The van der Waals surface area contributed by atoms with Gasteiger partial charge in [-0.15, -0.1) is 0 Å². The van der Waals surface area contributed by atoms with Gasteiger partial charge in [0, 0.05) is 15.1 Å². The van der Waals surface area contributed by atoms with Gasteiger partial charge in [0.15, 0.2) is 6.10 Å². The van der Waals surface area contributed by atoms with Crippen LogP contribution in [0.1, 0.15) is 6.92 Å². The number of amides is 1. The minimum absolute atomic E-state index is 0.167. The number of aromatic amines is 1. The summed E-state index contributed by atoms with van der Waals surface area (Å²) in [6, 6.07) is 8.67. The van der Waals surface area contributed by atoms with Crippen LogP contribution in [0.4, 0.5) is 5.69 Å². The Kier molecular flexibility index (Phi) is 5.19. The van der Waals surface area contributed by atoms with Gasteiger partial charge in [-0.1, -0.05) is 15.9 Å². The van der Waals surface area contributed by atoms with Crippen molar-refractivity contribution in [1.29, 1.82) is 0 Å². The number of ether oxygens (including phenoxy) is 1. The van der Waals surface area contributed by atoms with Crippen LogP contribution >= 0.6 is 31.9 Å². The van der Waals surface area contributed by atoms with Gasteiger partial charge in [0.1, 0.15) is 11.4 Å². The van der Waals surface area contributed by atoms with Gasteiger partial charge in [-0.05, 0) is 53.2 Å². The SMILES string of the molecule is CC(Oc1ccc(Br)cc1)C(=O)Nc1cc(Br)c[nH]c1=O. The smallest absolute Gasteiger partial charge is 0.271 e. The number of anilines is 1. The summed E-state index contributed by atoms with van der Waals surface area (Å²) in [5.41, 5.74) is -0.206. The Balaban J connectivity index is 2.04. The Morgan fingerprint density at radius 2 is 1.90 bits per heavy atom. The van der Waals surface area contributed by atoms with Crippen LogP contribution in [-0.2, 0) is 4.79 Å². The van der Waals surface area contributed by atoms with E-state index in [9.17, 15) is 9.59 Å². The number of aromatic nitrogens is 1. The Morgan fingerprint density at radius 1 is 1.24 bits per heavy atom. The molecule has 0 radical (unpaired) electrons. The highest BCUT2D eigenvalue weighted by Crippen LogP contribution is 2.18. The van der Waals surface area contributed by atoms with Gasteiger partial charge in [0.2, 0.25) is 0 Å². The highest BCUT2D eigenvalue weighted by atomic mass is 79.9. The van der Waals surface area contributed by atoms with E-state index in [1.165, 1.54) is 12.3 Å². The summed E-state index contributed by atoms with van der Waals surface area (Å²) in [6.45, 7) is 1.61. The summed E-state index contributed by atoms with van der Waals surface area (Å²) in [4.78, 5) is 26.1. The molecule has 0 saturated carbocycles. The van der Waals surface area contributed by atoms with Gasteiger partial charge in [0.05, 0.1) is 0 Å². The molecule has 5 nitrogen and oxygen atoms in total. The van der Waals surface area contributed by atoms with Crippen molar-refractivity contribution in [2.45, 2.75) is 13.0 Å². The quantitative estimate of drug-likeness (QED) is 0.804. The highest BCUT2D eigenvalue weighted by molar-refractivity contribution is 9.10. The molecule has 0 aliphatic rings. The number of hydrogen-bond donors (Lipinski definition) is 2. The molecule has 0 saturated heterocycles. The second kappa shape index (κ2) is 6.91. The Hall–Kier alpha value is -1.60. The predicted octanol–water partition coefficient (Wildman–Crippen LogP) is 3.31. The number of carbonyl (C=O) groups is 1. The molecule has 0 aliphatic carbocycles. The van der Waals surface area contributed by atoms with Gasteiger partial charge in [-0.25, -0.2) is 0 Å². The average Bonchev–Trinajstić information content (AvgIpc) is 2.45. The molecule has 2 aromatic rings. The van der Waals surface area contributed by atoms with Crippen molar-refractivity contribution in [1.82, 2.24) is 4.98 Å². The number of nitrogens with one attached hydrogen (secondary N) is 2. The zero-order chi connectivity index (χ0) is 15.4. The normalized spacial score (nSPS) is 11.8. The van der Waals surface area contributed by atoms with Crippen LogP contribution in [0.5, 0.6) is 5.75 Å². The first-order valence-corrected chi connectivity index (χ1v) is 7.65. The molecule has 110 valence electrons. The lowest BCUT2D eigenvalue weighted by molar-refractivity contribution is -0.122. The molecule has 1 unspecified atom stereocenters. The van der Waals surface area contributed by atoms with E-state index in [0.717, 1.165) is 4.47 Å². The van der Waals surface area contributed by atoms with E-state index in [2.05, 4.69) is 42.2 Å². The van der Waals surface area contributed by atoms with Crippen LogP contribution < -0.4 is 15.6 Å². The summed E-state index contributed by atoms with van der Waals surface area (Å²) in [5.74, 6) is 0.172. The van der Waals surface area contributed by atoms with E-state index in [4.69, 9.17) is 4.74 Å². The van der Waals surface area contributed by atoms with Gasteiger partial charge in [-0.3, -0.25) is 9.59 Å². The fraction of sp³-hybridized carbons (Fsp3) is 0.143. The summed E-state index contributed by atoms with van der Waals surface area (Å²) in [6.07, 6.45) is 0.768. The van der Waals surface area contributed by atoms with E-state index in [1.807, 2.05) is 12.1 Å². The average molecular weight is 416 g/mol. The molecule has 0 fully saturated rings. The topological polar surface area (TPSA) is 71.2 Å². The van der Waals surface area contributed by atoms with E-state index in [-0.39, 0.29) is 11.2 Å². The van der Waals surface area contributed by atoms with Crippen molar-refractivity contribution >= 4 is 43.5 Å². The maximum Gasteiger partial charge on any atom is 0.271 e. The van der Waals surface area contributed by atoms with Crippen molar-refractivity contribution in [2.24, 2.45) is 0 Å². The molecule has 1 atom stereocenters. The van der Waals surface area contributed by atoms with E-state index >= 15 is 0 Å². The lowest BCUT2D eigenvalue weighted by atomic mass is 10.3. The molecule has 21 heavy (non-hydrogen) atoms. The fourth-order valence-corrected chi connectivity index (χ4v) is 2.16. The molecule has 1 aromatic heterocycles. The Morgan fingerprint density at radius 3 is 2.57 bits per heavy atom. The Bertz CT molecular complexity index is 698. The third-order valence-electron chi connectivity index (χ3n) is 2.62. The van der Waals surface area contributed by atoms with Crippen molar-refractivity contribution < 1.29 is 9.53 Å². The lowest BCUT2D eigenvalue weighted by Gasteiger charge is -2.14. The minimum Gasteiger partial charge on any atom is -0.481 e. The monoisotopic (exact) mass is 414 g/mol. The molecular formula is C14H12Br2N2O3. The third kappa shape index (κ3) is 4.44. The fourth-order valence-electron chi connectivity index (χ4n) is 1.56. The zero-order valence-electron chi connectivity index (χ0n) is 11.0. The predicted molar refractivity (Wildman–Crippen MR) is 87.6 cm³/mol. The summed E-state index contributed by atoms with van der Waals surface area (Å²) in [5, 5.41) is 2.54. The van der Waals surface area contributed by atoms with E-state index in [1.54, 1.807) is 19.1 Å². The van der Waals surface area contributed by atoms with Crippen LogP contribution in [-0.4, -0.2) is 17.0 Å². The highest BCUT2D eigenvalue weighted by Gasteiger charge is 2.16. The molecular weight excluding hydrogens is 404 g/mol.